The standard InChI is InChI=1S/C16H19NO5S/c1-11(18)17-14-9-8-12(16(19)22-2)10-15(14)23(20,21)13-6-4-3-5-7-13/h3-7,12H,8-10H2,1-2H3,(H,17,18). The van der Waals surface area contributed by atoms with Gasteiger partial charge in [0.15, 0.2) is 0 Å². The average Bonchev–Trinajstić information content (AvgIpc) is 2.54. The summed E-state index contributed by atoms with van der Waals surface area (Å²) in [6.45, 7) is 1.33. The van der Waals surface area contributed by atoms with Crippen LogP contribution in [-0.2, 0) is 24.2 Å². The summed E-state index contributed by atoms with van der Waals surface area (Å²) in [5.41, 5.74) is 0.363. The van der Waals surface area contributed by atoms with Gasteiger partial charge in [-0.25, -0.2) is 8.42 Å². The predicted octanol–water partition coefficient (Wildman–Crippen LogP) is 1.78. The molecule has 2 rings (SSSR count). The Morgan fingerprint density at radius 3 is 2.43 bits per heavy atom. The Hall–Kier alpha value is -2.15. The molecule has 1 aromatic rings. The normalized spacial score (nSPS) is 18.4. The second kappa shape index (κ2) is 6.95. The maximum absolute atomic E-state index is 12.9. The largest absolute Gasteiger partial charge is 0.469 e. The maximum Gasteiger partial charge on any atom is 0.309 e. The molecule has 0 heterocycles. The minimum Gasteiger partial charge on any atom is -0.469 e. The molecular formula is C16H19NO5S. The van der Waals surface area contributed by atoms with Crippen LogP contribution in [0.5, 0.6) is 0 Å². The van der Waals surface area contributed by atoms with E-state index in [1.807, 2.05) is 0 Å². The molecule has 1 aliphatic carbocycles. The molecule has 1 N–H and O–H groups in total. The first-order valence-corrected chi connectivity index (χ1v) is 8.72. The molecule has 0 aromatic heterocycles. The summed E-state index contributed by atoms with van der Waals surface area (Å²) in [6.07, 6.45) is 0.774. The van der Waals surface area contributed by atoms with Crippen molar-refractivity contribution in [3.63, 3.8) is 0 Å². The van der Waals surface area contributed by atoms with Crippen molar-refractivity contribution in [3.05, 3.63) is 40.9 Å². The van der Waals surface area contributed by atoms with Gasteiger partial charge in [-0.3, -0.25) is 9.59 Å². The van der Waals surface area contributed by atoms with Crippen molar-refractivity contribution in [2.75, 3.05) is 7.11 Å². The molecule has 0 fully saturated rings. The molecule has 0 radical (unpaired) electrons. The fraction of sp³-hybridized carbons (Fsp3) is 0.375. The molecule has 1 atom stereocenters. The quantitative estimate of drug-likeness (QED) is 0.846. The Balaban J connectivity index is 2.48. The number of carbonyl (C=O) groups excluding carboxylic acids is 2. The molecule has 0 aliphatic heterocycles. The van der Waals surface area contributed by atoms with Gasteiger partial charge in [0.2, 0.25) is 15.7 Å². The molecule has 0 saturated carbocycles. The van der Waals surface area contributed by atoms with Gasteiger partial charge in [-0.15, -0.1) is 0 Å². The predicted molar refractivity (Wildman–Crippen MR) is 83.8 cm³/mol. The van der Waals surface area contributed by atoms with Crippen LogP contribution >= 0.6 is 0 Å². The first kappa shape index (κ1) is 17.2. The molecule has 1 aliphatic rings. The number of carbonyl (C=O) groups is 2. The van der Waals surface area contributed by atoms with Crippen molar-refractivity contribution in [2.45, 2.75) is 31.1 Å². The van der Waals surface area contributed by atoms with Gasteiger partial charge in [-0.2, -0.15) is 0 Å². The van der Waals surface area contributed by atoms with E-state index < -0.39 is 21.7 Å². The van der Waals surface area contributed by atoms with E-state index in [1.54, 1.807) is 18.2 Å². The summed E-state index contributed by atoms with van der Waals surface area (Å²) in [6, 6.07) is 7.98. The van der Waals surface area contributed by atoms with E-state index in [1.165, 1.54) is 26.2 Å². The lowest BCUT2D eigenvalue weighted by molar-refractivity contribution is -0.145. The SMILES string of the molecule is COC(=O)C1CCC(NC(C)=O)=C(S(=O)(=O)c2ccccc2)C1. The Labute approximate surface area is 135 Å². The van der Waals surface area contributed by atoms with E-state index in [-0.39, 0.29) is 22.1 Å². The highest BCUT2D eigenvalue weighted by molar-refractivity contribution is 7.95. The van der Waals surface area contributed by atoms with E-state index in [9.17, 15) is 18.0 Å². The van der Waals surface area contributed by atoms with Crippen molar-refractivity contribution in [1.82, 2.24) is 5.32 Å². The first-order valence-electron chi connectivity index (χ1n) is 7.24. The number of esters is 1. The van der Waals surface area contributed by atoms with Gasteiger partial charge in [-0.1, -0.05) is 18.2 Å². The Morgan fingerprint density at radius 2 is 1.87 bits per heavy atom. The van der Waals surface area contributed by atoms with Crippen LogP contribution in [0, 0.1) is 5.92 Å². The zero-order chi connectivity index (χ0) is 17.0. The number of sulfone groups is 1. The summed E-state index contributed by atoms with van der Waals surface area (Å²) in [7, 11) is -2.50. The smallest absolute Gasteiger partial charge is 0.309 e. The summed E-state index contributed by atoms with van der Waals surface area (Å²) in [5.74, 6) is -1.30. The van der Waals surface area contributed by atoms with Crippen molar-refractivity contribution >= 4 is 21.7 Å². The van der Waals surface area contributed by atoms with Crippen LogP contribution in [0.15, 0.2) is 45.8 Å². The topological polar surface area (TPSA) is 89.5 Å². The maximum atomic E-state index is 12.9. The average molecular weight is 337 g/mol. The Bertz CT molecular complexity index is 737. The van der Waals surface area contributed by atoms with E-state index >= 15 is 0 Å². The summed E-state index contributed by atoms with van der Waals surface area (Å²) < 4.78 is 30.5. The molecule has 1 unspecified atom stereocenters. The van der Waals surface area contributed by atoms with Gasteiger partial charge in [0, 0.05) is 12.6 Å². The van der Waals surface area contributed by atoms with E-state index in [0.29, 0.717) is 18.5 Å². The molecule has 0 spiro atoms. The molecule has 0 saturated heterocycles. The van der Waals surface area contributed by atoms with Crippen LogP contribution in [0.25, 0.3) is 0 Å². The number of ether oxygens (including phenoxy) is 1. The van der Waals surface area contributed by atoms with Crippen LogP contribution in [0.2, 0.25) is 0 Å². The summed E-state index contributed by atoms with van der Waals surface area (Å²) in [4.78, 5) is 23.4. The number of nitrogens with one attached hydrogen (secondary N) is 1. The number of rotatable bonds is 4. The molecule has 0 bridgehead atoms. The molecule has 1 amide bonds. The van der Waals surface area contributed by atoms with Gasteiger partial charge in [0.05, 0.1) is 22.8 Å². The highest BCUT2D eigenvalue weighted by Gasteiger charge is 2.34. The third-order valence-electron chi connectivity index (χ3n) is 3.75. The van der Waals surface area contributed by atoms with E-state index in [0.717, 1.165) is 0 Å². The van der Waals surface area contributed by atoms with Crippen molar-refractivity contribution in [2.24, 2.45) is 5.92 Å². The molecule has 23 heavy (non-hydrogen) atoms. The minimum atomic E-state index is -3.77. The van der Waals surface area contributed by atoms with Crippen molar-refractivity contribution in [3.8, 4) is 0 Å². The Kier molecular flexibility index (Phi) is 5.20. The van der Waals surface area contributed by atoms with Crippen LogP contribution in [0.4, 0.5) is 0 Å². The molecule has 6 nitrogen and oxygen atoms in total. The van der Waals surface area contributed by atoms with Gasteiger partial charge in [0.1, 0.15) is 0 Å². The number of benzene rings is 1. The number of allylic oxidation sites excluding steroid dienone is 2. The third kappa shape index (κ3) is 3.79. The van der Waals surface area contributed by atoms with Crippen molar-refractivity contribution in [1.29, 1.82) is 0 Å². The molecule has 7 heteroatoms. The van der Waals surface area contributed by atoms with Gasteiger partial charge in [-0.05, 0) is 31.4 Å². The highest BCUT2D eigenvalue weighted by atomic mass is 32.2. The highest BCUT2D eigenvalue weighted by Crippen LogP contribution is 2.35. The monoisotopic (exact) mass is 337 g/mol. The fourth-order valence-electron chi connectivity index (χ4n) is 2.63. The number of methoxy groups -OCH3 is 1. The number of hydrogen-bond donors (Lipinski definition) is 1. The lowest BCUT2D eigenvalue weighted by Crippen LogP contribution is -2.30. The zero-order valence-electron chi connectivity index (χ0n) is 13.0. The van der Waals surface area contributed by atoms with E-state index in [2.05, 4.69) is 5.32 Å². The van der Waals surface area contributed by atoms with Crippen LogP contribution < -0.4 is 5.32 Å². The lowest BCUT2D eigenvalue weighted by atomic mass is 9.92. The lowest BCUT2D eigenvalue weighted by Gasteiger charge is -2.25. The first-order chi connectivity index (χ1) is 10.9. The van der Waals surface area contributed by atoms with Crippen molar-refractivity contribution < 1.29 is 22.7 Å². The second-order valence-electron chi connectivity index (χ2n) is 5.36. The minimum absolute atomic E-state index is 0.0273. The van der Waals surface area contributed by atoms with Gasteiger partial charge in [0.25, 0.3) is 0 Å². The number of amides is 1. The van der Waals surface area contributed by atoms with Crippen LogP contribution in [-0.4, -0.2) is 27.4 Å². The molecule has 1 aromatic carbocycles. The molecule has 124 valence electrons. The number of hydrogen-bond acceptors (Lipinski definition) is 5. The third-order valence-corrected chi connectivity index (χ3v) is 5.71. The Morgan fingerprint density at radius 1 is 1.22 bits per heavy atom. The van der Waals surface area contributed by atoms with Gasteiger partial charge >= 0.3 is 5.97 Å². The van der Waals surface area contributed by atoms with E-state index in [4.69, 9.17) is 4.74 Å². The van der Waals surface area contributed by atoms with Gasteiger partial charge < -0.3 is 10.1 Å². The second-order valence-corrected chi connectivity index (χ2v) is 7.33. The zero-order valence-corrected chi connectivity index (χ0v) is 13.9. The summed E-state index contributed by atoms with van der Waals surface area (Å²) in [5, 5.41) is 2.59. The van der Waals surface area contributed by atoms with Crippen LogP contribution in [0.3, 0.4) is 0 Å². The summed E-state index contributed by atoms with van der Waals surface area (Å²) >= 11 is 0. The fourth-order valence-corrected chi connectivity index (χ4v) is 4.33. The van der Waals surface area contributed by atoms with Crippen LogP contribution in [0.1, 0.15) is 26.2 Å². The molecular weight excluding hydrogens is 318 g/mol.